The summed E-state index contributed by atoms with van der Waals surface area (Å²) in [5, 5.41) is 14.9. The first-order chi connectivity index (χ1) is 15.8. The maximum atomic E-state index is 12.8. The Morgan fingerprint density at radius 2 is 1.61 bits per heavy atom. The molecule has 2 amide bonds. The minimum Gasteiger partial charge on any atom is -0.480 e. The maximum Gasteiger partial charge on any atom is 0.407 e. The number of carbonyl (C=O) groups is 3. The summed E-state index contributed by atoms with van der Waals surface area (Å²) in [4.78, 5) is 36.8. The molecular weight excluding hydrogens is 420 g/mol. The average molecular weight is 449 g/mol. The second-order valence-corrected chi connectivity index (χ2v) is 9.75. The lowest BCUT2D eigenvalue weighted by atomic mass is 9.91. The van der Waals surface area contributed by atoms with E-state index >= 15 is 0 Å². The van der Waals surface area contributed by atoms with E-state index in [1.165, 1.54) is 0 Å². The third kappa shape index (κ3) is 4.08. The average Bonchev–Trinajstić information content (AvgIpc) is 3.70. The van der Waals surface area contributed by atoms with Crippen LogP contribution in [0.4, 0.5) is 4.79 Å². The Hall–Kier alpha value is -3.35. The van der Waals surface area contributed by atoms with E-state index in [1.54, 1.807) is 0 Å². The van der Waals surface area contributed by atoms with E-state index in [2.05, 4.69) is 34.9 Å². The van der Waals surface area contributed by atoms with Crippen LogP contribution >= 0.6 is 0 Å². The number of carboxylic acid groups (broad SMARTS) is 1. The van der Waals surface area contributed by atoms with Crippen molar-refractivity contribution >= 4 is 18.0 Å². The van der Waals surface area contributed by atoms with Crippen molar-refractivity contribution in [3.05, 3.63) is 59.7 Å². The minimum atomic E-state index is -1.13. The van der Waals surface area contributed by atoms with Gasteiger partial charge in [0.15, 0.2) is 0 Å². The normalized spacial score (nSPS) is 19.5. The van der Waals surface area contributed by atoms with Gasteiger partial charge in [0.05, 0.1) is 5.54 Å². The smallest absolute Gasteiger partial charge is 0.407 e. The molecule has 33 heavy (non-hydrogen) atoms. The standard InChI is InChI=1S/C26H28N2O5/c1-25(16-10-11-16,14-22(29)27-26(12-13-26)23(30)31)28-24(32)33-15-21-19-8-4-2-6-17(19)18-7-3-5-9-20(18)21/h2-9,16,21H,10-15H2,1H3,(H,27,29)(H,28,32)(H,30,31). The fraction of sp³-hybridized carbons (Fsp3) is 0.423. The van der Waals surface area contributed by atoms with Crippen LogP contribution < -0.4 is 10.6 Å². The fourth-order valence-corrected chi connectivity index (χ4v) is 5.04. The molecule has 0 heterocycles. The summed E-state index contributed by atoms with van der Waals surface area (Å²) in [7, 11) is 0. The predicted molar refractivity (Wildman–Crippen MR) is 122 cm³/mol. The van der Waals surface area contributed by atoms with Gasteiger partial charge in [-0.25, -0.2) is 9.59 Å². The largest absolute Gasteiger partial charge is 0.480 e. The number of hydrogen-bond acceptors (Lipinski definition) is 4. The summed E-state index contributed by atoms with van der Waals surface area (Å²) >= 11 is 0. The molecule has 0 saturated heterocycles. The van der Waals surface area contributed by atoms with Crippen LogP contribution in [0.1, 0.15) is 56.1 Å². The number of hydrogen-bond donors (Lipinski definition) is 3. The molecule has 7 nitrogen and oxygen atoms in total. The molecule has 0 spiro atoms. The number of ether oxygens (including phenoxy) is 1. The summed E-state index contributed by atoms with van der Waals surface area (Å²) < 4.78 is 5.67. The second kappa shape index (κ2) is 7.90. The molecule has 172 valence electrons. The highest BCUT2D eigenvalue weighted by Gasteiger charge is 2.53. The summed E-state index contributed by atoms with van der Waals surface area (Å²) in [6.45, 7) is 2.04. The molecule has 3 N–H and O–H groups in total. The maximum absolute atomic E-state index is 12.8. The highest BCUT2D eigenvalue weighted by Crippen LogP contribution is 2.45. The van der Waals surface area contributed by atoms with Gasteiger partial charge in [-0.3, -0.25) is 4.79 Å². The van der Waals surface area contributed by atoms with Gasteiger partial charge in [-0.2, -0.15) is 0 Å². The molecule has 1 unspecified atom stereocenters. The molecule has 3 aliphatic carbocycles. The lowest BCUT2D eigenvalue weighted by molar-refractivity contribution is -0.143. The van der Waals surface area contributed by atoms with Gasteiger partial charge in [0.25, 0.3) is 0 Å². The van der Waals surface area contributed by atoms with Gasteiger partial charge in [0.1, 0.15) is 12.1 Å². The number of carbonyl (C=O) groups excluding carboxylic acids is 2. The van der Waals surface area contributed by atoms with E-state index in [9.17, 15) is 19.5 Å². The van der Waals surface area contributed by atoms with Gasteiger partial charge in [-0.05, 0) is 60.8 Å². The Morgan fingerprint density at radius 1 is 1.03 bits per heavy atom. The number of aliphatic carboxylic acids is 1. The molecule has 0 bridgehead atoms. The molecule has 1 atom stereocenters. The summed E-state index contributed by atoms with van der Waals surface area (Å²) in [5.41, 5.74) is 2.69. The van der Waals surface area contributed by atoms with Crippen molar-refractivity contribution in [1.82, 2.24) is 10.6 Å². The Balaban J connectivity index is 1.24. The van der Waals surface area contributed by atoms with Gasteiger partial charge in [-0.15, -0.1) is 0 Å². The van der Waals surface area contributed by atoms with Crippen LogP contribution in [-0.4, -0.2) is 40.8 Å². The van der Waals surface area contributed by atoms with Gasteiger partial charge < -0.3 is 20.5 Å². The zero-order valence-corrected chi connectivity index (χ0v) is 18.6. The van der Waals surface area contributed by atoms with Gasteiger partial charge >= 0.3 is 12.1 Å². The molecule has 2 aromatic carbocycles. The van der Waals surface area contributed by atoms with E-state index in [4.69, 9.17) is 4.74 Å². The molecule has 2 saturated carbocycles. The number of alkyl carbamates (subject to hydrolysis) is 1. The first kappa shape index (κ1) is 21.5. The van der Waals surface area contributed by atoms with Crippen LogP contribution in [-0.2, 0) is 14.3 Å². The topological polar surface area (TPSA) is 105 Å². The van der Waals surface area contributed by atoms with Crippen molar-refractivity contribution in [3.8, 4) is 11.1 Å². The van der Waals surface area contributed by atoms with Crippen LogP contribution in [0.2, 0.25) is 0 Å². The molecular formula is C26H28N2O5. The predicted octanol–water partition coefficient (Wildman–Crippen LogP) is 3.82. The molecule has 5 rings (SSSR count). The molecule has 0 aromatic heterocycles. The monoisotopic (exact) mass is 448 g/mol. The Labute approximate surface area is 192 Å². The molecule has 2 fully saturated rings. The minimum absolute atomic E-state index is 0.0247. The van der Waals surface area contributed by atoms with E-state index in [1.807, 2.05) is 31.2 Å². The zero-order valence-electron chi connectivity index (χ0n) is 18.6. The van der Waals surface area contributed by atoms with Crippen molar-refractivity contribution in [2.45, 2.75) is 56.0 Å². The van der Waals surface area contributed by atoms with E-state index in [-0.39, 0.29) is 30.8 Å². The van der Waals surface area contributed by atoms with Crippen molar-refractivity contribution < 1.29 is 24.2 Å². The molecule has 2 aromatic rings. The van der Waals surface area contributed by atoms with Gasteiger partial charge in [0.2, 0.25) is 5.91 Å². The lowest BCUT2D eigenvalue weighted by Crippen LogP contribution is -2.53. The fourth-order valence-electron chi connectivity index (χ4n) is 5.04. The van der Waals surface area contributed by atoms with Crippen LogP contribution in [0, 0.1) is 5.92 Å². The number of rotatable bonds is 8. The van der Waals surface area contributed by atoms with Crippen molar-refractivity contribution in [3.63, 3.8) is 0 Å². The summed E-state index contributed by atoms with van der Waals surface area (Å²) in [6.07, 6.45) is 2.17. The number of benzene rings is 2. The first-order valence-corrected chi connectivity index (χ1v) is 11.5. The van der Waals surface area contributed by atoms with E-state index in [0.717, 1.165) is 35.1 Å². The molecule has 3 aliphatic rings. The quantitative estimate of drug-likeness (QED) is 0.570. The van der Waals surface area contributed by atoms with Crippen molar-refractivity contribution in [1.29, 1.82) is 0 Å². The number of fused-ring (bicyclic) bond motifs is 3. The van der Waals surface area contributed by atoms with Crippen LogP contribution in [0.15, 0.2) is 48.5 Å². The van der Waals surface area contributed by atoms with Crippen LogP contribution in [0.25, 0.3) is 11.1 Å². The van der Waals surface area contributed by atoms with Gasteiger partial charge in [-0.1, -0.05) is 48.5 Å². The Kier molecular flexibility index (Phi) is 5.15. The SMILES string of the molecule is CC(CC(=O)NC1(C(=O)O)CC1)(NC(=O)OCC1c2ccccc2-c2ccccc21)C1CC1. The van der Waals surface area contributed by atoms with Crippen LogP contribution in [0.5, 0.6) is 0 Å². The number of carboxylic acids is 1. The third-order valence-corrected chi connectivity index (χ3v) is 7.28. The zero-order chi connectivity index (χ0) is 23.2. The van der Waals surface area contributed by atoms with E-state index < -0.39 is 23.1 Å². The third-order valence-electron chi connectivity index (χ3n) is 7.28. The molecule has 0 aliphatic heterocycles. The second-order valence-electron chi connectivity index (χ2n) is 9.75. The van der Waals surface area contributed by atoms with Crippen molar-refractivity contribution in [2.24, 2.45) is 5.92 Å². The number of nitrogens with one attached hydrogen (secondary N) is 2. The number of amides is 2. The lowest BCUT2D eigenvalue weighted by Gasteiger charge is -2.31. The van der Waals surface area contributed by atoms with Crippen LogP contribution in [0.3, 0.4) is 0 Å². The van der Waals surface area contributed by atoms with E-state index in [0.29, 0.717) is 12.8 Å². The Bertz CT molecular complexity index is 1080. The first-order valence-electron chi connectivity index (χ1n) is 11.5. The van der Waals surface area contributed by atoms with Crippen molar-refractivity contribution in [2.75, 3.05) is 6.61 Å². The highest BCUT2D eigenvalue weighted by molar-refractivity contribution is 5.90. The highest BCUT2D eigenvalue weighted by atomic mass is 16.5. The molecule has 0 radical (unpaired) electrons. The summed E-state index contributed by atoms with van der Waals surface area (Å²) in [6, 6.07) is 16.3. The molecule has 7 heteroatoms. The van der Waals surface area contributed by atoms with Gasteiger partial charge in [0, 0.05) is 12.3 Å². The summed E-state index contributed by atoms with van der Waals surface area (Å²) in [5.74, 6) is -1.23. The Morgan fingerprint density at radius 3 is 2.12 bits per heavy atom.